The lowest BCUT2D eigenvalue weighted by molar-refractivity contribution is -0.121. The van der Waals surface area contributed by atoms with Gasteiger partial charge in [-0.25, -0.2) is 0 Å². The summed E-state index contributed by atoms with van der Waals surface area (Å²) in [5.74, 6) is 0.619. The van der Waals surface area contributed by atoms with Gasteiger partial charge in [-0.1, -0.05) is 6.92 Å². The molecule has 1 amide bonds. The number of carbonyl (C=O) groups is 1. The Morgan fingerprint density at radius 2 is 2.31 bits per heavy atom. The van der Waals surface area contributed by atoms with Gasteiger partial charge in [0.05, 0.1) is 6.26 Å². The van der Waals surface area contributed by atoms with Gasteiger partial charge in [-0.3, -0.25) is 4.79 Å². The van der Waals surface area contributed by atoms with Crippen LogP contribution in [-0.2, 0) is 11.2 Å². The zero-order valence-corrected chi connectivity index (χ0v) is 9.90. The van der Waals surface area contributed by atoms with Crippen LogP contribution in [0.4, 0.5) is 0 Å². The summed E-state index contributed by atoms with van der Waals surface area (Å²) in [5.41, 5.74) is 5.18. The van der Waals surface area contributed by atoms with Crippen molar-refractivity contribution in [2.24, 2.45) is 11.7 Å². The number of hydrogen-bond donors (Lipinski definition) is 2. The molecule has 0 fully saturated rings. The molecule has 2 unspecified atom stereocenters. The van der Waals surface area contributed by atoms with E-state index >= 15 is 0 Å². The maximum atomic E-state index is 10.8. The maximum absolute atomic E-state index is 10.8. The predicted molar refractivity (Wildman–Crippen MR) is 62.9 cm³/mol. The molecule has 0 aromatic carbocycles. The molecule has 1 aromatic rings. The van der Waals surface area contributed by atoms with Gasteiger partial charge in [0.1, 0.15) is 5.76 Å². The van der Waals surface area contributed by atoms with Gasteiger partial charge in [0.25, 0.3) is 0 Å². The Hall–Kier alpha value is -1.29. The van der Waals surface area contributed by atoms with E-state index in [0.717, 1.165) is 18.6 Å². The molecule has 90 valence electrons. The lowest BCUT2D eigenvalue weighted by atomic mass is 10.1. The third kappa shape index (κ3) is 4.49. The summed E-state index contributed by atoms with van der Waals surface area (Å²) in [5, 5.41) is 3.28. The maximum Gasteiger partial charge on any atom is 0.221 e. The highest BCUT2D eigenvalue weighted by atomic mass is 16.3. The van der Waals surface area contributed by atoms with Gasteiger partial charge in [-0.05, 0) is 25.5 Å². The number of amides is 1. The molecule has 1 aromatic heterocycles. The van der Waals surface area contributed by atoms with Crippen LogP contribution >= 0.6 is 0 Å². The second-order valence-corrected chi connectivity index (χ2v) is 4.23. The number of nitrogens with two attached hydrogens (primary N) is 1. The van der Waals surface area contributed by atoms with Gasteiger partial charge >= 0.3 is 0 Å². The summed E-state index contributed by atoms with van der Waals surface area (Å²) < 4.78 is 5.25. The van der Waals surface area contributed by atoms with Crippen LogP contribution in [0.25, 0.3) is 0 Å². The topological polar surface area (TPSA) is 68.3 Å². The Balaban J connectivity index is 2.16. The second kappa shape index (κ2) is 6.33. The first-order valence-corrected chi connectivity index (χ1v) is 5.64. The van der Waals surface area contributed by atoms with E-state index in [-0.39, 0.29) is 11.8 Å². The van der Waals surface area contributed by atoms with E-state index < -0.39 is 0 Å². The Morgan fingerprint density at radius 3 is 2.88 bits per heavy atom. The van der Waals surface area contributed by atoms with Gasteiger partial charge in [0.2, 0.25) is 5.91 Å². The molecule has 16 heavy (non-hydrogen) atoms. The van der Waals surface area contributed by atoms with Crippen LogP contribution in [0.1, 0.15) is 26.0 Å². The lowest BCUT2D eigenvalue weighted by Crippen LogP contribution is -2.35. The normalized spacial score (nSPS) is 14.6. The highest BCUT2D eigenvalue weighted by Crippen LogP contribution is 2.05. The molecule has 1 rings (SSSR count). The molecule has 0 saturated carbocycles. The van der Waals surface area contributed by atoms with E-state index in [9.17, 15) is 4.79 Å². The summed E-state index contributed by atoms with van der Waals surface area (Å²) in [4.78, 5) is 10.8. The molecule has 0 bridgehead atoms. The Kier molecular flexibility index (Phi) is 5.05. The average molecular weight is 224 g/mol. The summed E-state index contributed by atoms with van der Waals surface area (Å²) in [6, 6.07) is 4.22. The Morgan fingerprint density at radius 1 is 1.56 bits per heavy atom. The second-order valence-electron chi connectivity index (χ2n) is 4.23. The zero-order chi connectivity index (χ0) is 12.0. The molecule has 0 aliphatic carbocycles. The van der Waals surface area contributed by atoms with Crippen molar-refractivity contribution in [3.63, 3.8) is 0 Å². The van der Waals surface area contributed by atoms with Crippen LogP contribution in [0.15, 0.2) is 22.8 Å². The van der Waals surface area contributed by atoms with E-state index in [0.29, 0.717) is 12.6 Å². The predicted octanol–water partition coefficient (Wildman–Crippen LogP) is 1.31. The molecule has 4 heteroatoms. The van der Waals surface area contributed by atoms with Crippen molar-refractivity contribution in [1.29, 1.82) is 0 Å². The number of aryl methyl sites for hydroxylation is 1. The van der Waals surface area contributed by atoms with Crippen molar-refractivity contribution in [2.75, 3.05) is 6.54 Å². The minimum Gasteiger partial charge on any atom is -0.469 e. The van der Waals surface area contributed by atoms with E-state index in [1.54, 1.807) is 6.26 Å². The highest BCUT2D eigenvalue weighted by Gasteiger charge is 2.10. The number of hydrogen-bond acceptors (Lipinski definition) is 3. The van der Waals surface area contributed by atoms with Crippen molar-refractivity contribution in [1.82, 2.24) is 5.32 Å². The number of furan rings is 1. The molecular formula is C12H20N2O2. The summed E-state index contributed by atoms with van der Waals surface area (Å²) in [7, 11) is 0. The van der Waals surface area contributed by atoms with Crippen molar-refractivity contribution >= 4 is 5.91 Å². The number of carbonyl (C=O) groups excluding carboxylic acids is 1. The summed E-state index contributed by atoms with van der Waals surface area (Å²) in [6.07, 6.45) is 3.58. The van der Waals surface area contributed by atoms with E-state index in [2.05, 4.69) is 12.2 Å². The smallest absolute Gasteiger partial charge is 0.221 e. The van der Waals surface area contributed by atoms with Crippen molar-refractivity contribution in [3.8, 4) is 0 Å². The third-order valence-electron chi connectivity index (χ3n) is 2.66. The third-order valence-corrected chi connectivity index (χ3v) is 2.66. The molecule has 0 aliphatic heterocycles. The van der Waals surface area contributed by atoms with Gasteiger partial charge in [0, 0.05) is 24.9 Å². The van der Waals surface area contributed by atoms with Crippen LogP contribution in [0.2, 0.25) is 0 Å². The van der Waals surface area contributed by atoms with Crippen LogP contribution in [0.5, 0.6) is 0 Å². The largest absolute Gasteiger partial charge is 0.469 e. The van der Waals surface area contributed by atoms with E-state index in [4.69, 9.17) is 10.2 Å². The first-order valence-electron chi connectivity index (χ1n) is 5.64. The SMILES string of the molecule is CC(CCc1ccco1)NCC(C)C(N)=O. The van der Waals surface area contributed by atoms with Crippen molar-refractivity contribution in [2.45, 2.75) is 32.7 Å². The first-order chi connectivity index (χ1) is 7.59. The fourth-order valence-corrected chi connectivity index (χ4v) is 1.39. The van der Waals surface area contributed by atoms with E-state index in [1.165, 1.54) is 0 Å². The van der Waals surface area contributed by atoms with Gasteiger partial charge < -0.3 is 15.5 Å². The highest BCUT2D eigenvalue weighted by molar-refractivity contribution is 5.76. The fraction of sp³-hybridized carbons (Fsp3) is 0.583. The molecule has 0 saturated heterocycles. The minimum absolute atomic E-state index is 0.119. The summed E-state index contributed by atoms with van der Waals surface area (Å²) in [6.45, 7) is 4.56. The molecule has 0 aliphatic rings. The Labute approximate surface area is 96.2 Å². The van der Waals surface area contributed by atoms with Crippen LogP contribution in [0.3, 0.4) is 0 Å². The minimum atomic E-state index is -0.259. The molecular weight excluding hydrogens is 204 g/mol. The lowest BCUT2D eigenvalue weighted by Gasteiger charge is -2.15. The fourth-order valence-electron chi connectivity index (χ4n) is 1.39. The summed E-state index contributed by atoms with van der Waals surface area (Å²) >= 11 is 0. The Bertz CT molecular complexity index is 309. The van der Waals surface area contributed by atoms with Gasteiger partial charge in [-0.15, -0.1) is 0 Å². The first kappa shape index (κ1) is 12.8. The molecule has 0 spiro atoms. The van der Waals surface area contributed by atoms with Gasteiger partial charge in [-0.2, -0.15) is 0 Å². The number of rotatable bonds is 7. The quantitative estimate of drug-likeness (QED) is 0.733. The van der Waals surface area contributed by atoms with Gasteiger partial charge in [0.15, 0.2) is 0 Å². The number of primary amides is 1. The average Bonchev–Trinajstić information content (AvgIpc) is 2.75. The molecule has 3 N–H and O–H groups in total. The van der Waals surface area contributed by atoms with Crippen LogP contribution in [0, 0.1) is 5.92 Å². The van der Waals surface area contributed by atoms with Crippen molar-refractivity contribution in [3.05, 3.63) is 24.2 Å². The molecule has 4 nitrogen and oxygen atoms in total. The molecule has 0 radical (unpaired) electrons. The van der Waals surface area contributed by atoms with E-state index in [1.807, 2.05) is 19.1 Å². The molecule has 1 heterocycles. The molecule has 2 atom stereocenters. The van der Waals surface area contributed by atoms with Crippen LogP contribution < -0.4 is 11.1 Å². The standard InChI is InChI=1S/C12H20N2O2/c1-9(12(13)15)8-14-10(2)5-6-11-4-3-7-16-11/h3-4,7,9-10,14H,5-6,8H2,1-2H3,(H2,13,15). The zero-order valence-electron chi connectivity index (χ0n) is 9.90. The van der Waals surface area contributed by atoms with Crippen molar-refractivity contribution < 1.29 is 9.21 Å². The van der Waals surface area contributed by atoms with Crippen LogP contribution in [-0.4, -0.2) is 18.5 Å². The number of nitrogens with one attached hydrogen (secondary N) is 1. The monoisotopic (exact) mass is 224 g/mol.